The van der Waals surface area contributed by atoms with E-state index < -0.39 is 78.5 Å². The summed E-state index contributed by atoms with van der Waals surface area (Å²) in [5.41, 5.74) is -19.3. The summed E-state index contributed by atoms with van der Waals surface area (Å²) >= 11 is 0. The van der Waals surface area contributed by atoms with Crippen LogP contribution in [0.25, 0.3) is 32.6 Å². The molecule has 0 aliphatic heterocycles. The van der Waals surface area contributed by atoms with Crippen LogP contribution in [-0.4, -0.2) is 70.9 Å². The van der Waals surface area contributed by atoms with Crippen LogP contribution in [0.15, 0.2) is 101 Å². The highest BCUT2D eigenvalue weighted by Gasteiger charge is 2.88. The lowest BCUT2D eigenvalue weighted by molar-refractivity contribution is -0.366. The number of nitrogens with zero attached hydrogens (tertiary/aromatic N) is 2. The predicted octanol–water partition coefficient (Wildman–Crippen LogP) is 14.2. The van der Waals surface area contributed by atoms with Crippen molar-refractivity contribution in [2.24, 2.45) is 5.16 Å². The molecule has 0 spiro atoms. The van der Waals surface area contributed by atoms with Crippen molar-refractivity contribution in [2.75, 3.05) is 6.61 Å². The van der Waals surface area contributed by atoms with Gasteiger partial charge in [0.05, 0.1) is 17.6 Å². The number of carbonyl (C=O) groups excluding carboxylic acids is 2. The Hall–Kier alpha value is -6.68. The number of aryl methyl sites for hydroxylation is 4. The predicted molar refractivity (Wildman–Crippen MR) is 221 cm³/mol. The Kier molecular flexibility index (Phi) is 13.5. The third-order valence-electron chi connectivity index (χ3n) is 11.2. The van der Waals surface area contributed by atoms with Gasteiger partial charge in [-0.2, -0.15) is 65.9 Å². The van der Waals surface area contributed by atoms with Gasteiger partial charge in [-0.05, 0) is 68.0 Å². The van der Waals surface area contributed by atoms with E-state index in [1.54, 1.807) is 64.1 Å². The first-order valence-electron chi connectivity index (χ1n) is 20.1. The van der Waals surface area contributed by atoms with Crippen molar-refractivity contribution < 1.29 is 93.8 Å². The van der Waals surface area contributed by atoms with Crippen molar-refractivity contribution in [3.8, 4) is 0 Å². The summed E-state index contributed by atoms with van der Waals surface area (Å²) < 4.78 is 248. The summed E-state index contributed by atoms with van der Waals surface area (Å²) in [5.74, 6) is -6.01. The van der Waals surface area contributed by atoms with Gasteiger partial charge in [-0.25, -0.2) is 13.6 Å². The van der Waals surface area contributed by atoms with Crippen LogP contribution in [0.3, 0.4) is 0 Å². The average Bonchev–Trinajstić information content (AvgIpc) is 3.53. The maximum Gasteiger partial charge on any atom is 0.449 e. The molecule has 0 saturated carbocycles. The molecule has 1 aromatic heterocycles. The molecule has 6 rings (SSSR count). The van der Waals surface area contributed by atoms with Gasteiger partial charge in [0.1, 0.15) is 12.3 Å². The fourth-order valence-electron chi connectivity index (χ4n) is 8.38. The zero-order valence-electron chi connectivity index (χ0n) is 36.4. The second kappa shape index (κ2) is 17.9. The number of rotatable bonds is 11. The van der Waals surface area contributed by atoms with Crippen molar-refractivity contribution >= 4 is 50.0 Å². The Labute approximate surface area is 383 Å². The van der Waals surface area contributed by atoms with Crippen molar-refractivity contribution in [1.29, 1.82) is 0 Å². The summed E-state index contributed by atoms with van der Waals surface area (Å²) in [6.07, 6.45) is -40.0. The van der Waals surface area contributed by atoms with Crippen LogP contribution in [0.4, 0.5) is 74.6 Å². The van der Waals surface area contributed by atoms with Gasteiger partial charge in [-0.1, -0.05) is 77.4 Å². The summed E-state index contributed by atoms with van der Waals surface area (Å²) in [7, 11) is 0. The van der Waals surface area contributed by atoms with Crippen LogP contribution in [0, 0.1) is 27.7 Å². The first-order chi connectivity index (χ1) is 32.1. The number of benzene rings is 5. The minimum absolute atomic E-state index is 0.00401. The van der Waals surface area contributed by atoms with Crippen LogP contribution in [0.1, 0.15) is 56.2 Å². The maximum atomic E-state index is 15.5. The SMILES string of the molecule is CC(=O)ON=C(c1ccc2c(c1)c1cc(C(=O)c3c(C)cc(C)cc3C)c3ccccc3c1n2CCOC(=C(C(F)(C(F)(F)F)C(F)(F)F)C(F)(C(F)(F)F)C(F)(F)F)C(F)(F)F)c1ccccc1C. The molecule has 6 nitrogen and oxygen atoms in total. The van der Waals surface area contributed by atoms with E-state index in [0.29, 0.717) is 22.3 Å². The van der Waals surface area contributed by atoms with Crippen molar-refractivity contribution in [3.05, 3.63) is 141 Å². The summed E-state index contributed by atoms with van der Waals surface area (Å²) in [4.78, 5) is 31.5. The summed E-state index contributed by atoms with van der Waals surface area (Å²) in [5, 5.41) is 4.20. The van der Waals surface area contributed by atoms with Crippen LogP contribution >= 0.6 is 0 Å². The third-order valence-corrected chi connectivity index (χ3v) is 11.2. The second-order valence-corrected chi connectivity index (χ2v) is 16.0. The first-order valence-corrected chi connectivity index (χ1v) is 20.1. The monoisotopic (exact) mass is 1010 g/mol. The van der Waals surface area contributed by atoms with Crippen molar-refractivity contribution in [1.82, 2.24) is 4.57 Å². The molecule has 0 unspecified atom stereocenters. The highest BCUT2D eigenvalue weighted by molar-refractivity contribution is 6.27. The van der Waals surface area contributed by atoms with Crippen LogP contribution in [0.2, 0.25) is 0 Å². The Morgan fingerprint density at radius 3 is 1.59 bits per heavy atom. The minimum Gasteiger partial charge on any atom is -0.487 e. The lowest BCUT2D eigenvalue weighted by atomic mass is 9.79. The zero-order chi connectivity index (χ0) is 52.5. The fourth-order valence-corrected chi connectivity index (χ4v) is 8.38. The number of aromatic nitrogens is 1. The number of fused-ring (bicyclic) bond motifs is 5. The van der Waals surface area contributed by atoms with Crippen molar-refractivity contribution in [3.63, 3.8) is 0 Å². The largest absolute Gasteiger partial charge is 0.487 e. The lowest BCUT2D eigenvalue weighted by Gasteiger charge is -2.41. The summed E-state index contributed by atoms with van der Waals surface area (Å²) in [6, 6.07) is 20.8. The van der Waals surface area contributed by atoms with Gasteiger partial charge < -0.3 is 14.1 Å². The maximum absolute atomic E-state index is 15.5. The number of ether oxygens (including phenoxy) is 1. The highest BCUT2D eigenvalue weighted by atomic mass is 19.4. The number of halogens is 17. The van der Waals surface area contributed by atoms with E-state index in [9.17, 15) is 75.4 Å². The van der Waals surface area contributed by atoms with Gasteiger partial charge >= 0.3 is 48.2 Å². The molecule has 0 aliphatic carbocycles. The highest BCUT2D eigenvalue weighted by Crippen LogP contribution is 2.63. The van der Waals surface area contributed by atoms with Crippen LogP contribution in [0.5, 0.6) is 0 Å². The van der Waals surface area contributed by atoms with Gasteiger partial charge in [-0.3, -0.25) is 4.79 Å². The molecule has 5 aromatic carbocycles. The van der Waals surface area contributed by atoms with E-state index in [4.69, 9.17) is 4.84 Å². The van der Waals surface area contributed by atoms with Gasteiger partial charge in [0.2, 0.25) is 5.76 Å². The topological polar surface area (TPSA) is 69.9 Å². The second-order valence-electron chi connectivity index (χ2n) is 16.0. The molecule has 0 atom stereocenters. The van der Waals surface area contributed by atoms with E-state index in [0.717, 1.165) is 17.1 Å². The van der Waals surface area contributed by atoms with E-state index >= 15 is 8.78 Å². The number of alkyl halides is 17. The minimum atomic E-state index is -8.34. The Morgan fingerprint density at radius 1 is 0.571 bits per heavy atom. The standard InChI is InChI=1S/C47H33F17N2O4/c1-22-18-24(3)35(25(4)19-22)38(68)33-21-32-31-20-27(36(65-70-26(5)67)28-11-7-6-10-23(28)2)14-15-34(31)66(37(32)30-13-9-8-12-29(30)33)16-17-69-40(43(50,51)52)39(41(48,44(53,54)55)45(56,57)58)42(49,46(59,60)61)47(62,63)64/h6-15,18-21H,16-17H2,1-5H3. The van der Waals surface area contributed by atoms with Crippen molar-refractivity contribution in [2.45, 2.75) is 83.4 Å². The van der Waals surface area contributed by atoms with Crippen LogP contribution in [-0.2, 0) is 20.9 Å². The number of allylic oxidation sites excluding steroid dienone is 2. The molecule has 0 saturated heterocycles. The van der Waals surface area contributed by atoms with Crippen LogP contribution < -0.4 is 0 Å². The first kappa shape index (κ1) is 52.7. The molecule has 374 valence electrons. The zero-order valence-corrected chi connectivity index (χ0v) is 36.4. The van der Waals surface area contributed by atoms with E-state index in [2.05, 4.69) is 9.89 Å². The molecule has 0 radical (unpaired) electrons. The molecule has 0 bridgehead atoms. The molecule has 6 aromatic rings. The van der Waals surface area contributed by atoms with E-state index in [1.807, 2.05) is 0 Å². The third kappa shape index (κ3) is 9.01. The Morgan fingerprint density at radius 2 is 1.09 bits per heavy atom. The van der Waals surface area contributed by atoms with Gasteiger partial charge in [0, 0.05) is 50.9 Å². The quantitative estimate of drug-likeness (QED) is 0.0324. The summed E-state index contributed by atoms with van der Waals surface area (Å²) in [6.45, 7) is 4.32. The molecule has 0 aliphatic rings. The molecule has 0 amide bonds. The van der Waals surface area contributed by atoms with E-state index in [1.165, 1.54) is 48.5 Å². The van der Waals surface area contributed by atoms with E-state index in [-0.39, 0.29) is 55.0 Å². The Bertz CT molecular complexity index is 3020. The molecule has 1 heterocycles. The smallest absolute Gasteiger partial charge is 0.449 e. The number of oxime groups is 1. The molecule has 70 heavy (non-hydrogen) atoms. The molecule has 0 fully saturated rings. The van der Waals surface area contributed by atoms with Gasteiger partial charge in [0.15, 0.2) is 5.78 Å². The molecular weight excluding hydrogens is 979 g/mol. The number of carbonyl (C=O) groups is 2. The average molecular weight is 1010 g/mol. The molecule has 0 N–H and O–H groups in total. The fraction of sp³-hybridized carbons (Fsp3) is 0.298. The number of ketones is 1. The normalized spacial score (nSPS) is 13.6. The van der Waals surface area contributed by atoms with Gasteiger partial charge in [0.25, 0.3) is 0 Å². The number of hydrogen-bond donors (Lipinski definition) is 0. The molecule has 23 heteroatoms. The number of hydrogen-bond acceptors (Lipinski definition) is 5. The van der Waals surface area contributed by atoms with Gasteiger partial charge in [-0.15, -0.1) is 0 Å². The lowest BCUT2D eigenvalue weighted by Crippen LogP contribution is -2.66. The Balaban J connectivity index is 1.70. The molecular formula is C47H33F17N2O4.